The molecule has 2 fully saturated rings. The number of hydrogen-bond acceptors (Lipinski definition) is 3. The first-order chi connectivity index (χ1) is 9.11. The number of amides is 1. The van der Waals surface area contributed by atoms with Gasteiger partial charge in [-0.05, 0) is 25.7 Å². The summed E-state index contributed by atoms with van der Waals surface area (Å²) in [5, 5.41) is 9.26. The van der Waals surface area contributed by atoms with Gasteiger partial charge in [0.25, 0.3) is 0 Å². The molecule has 1 aliphatic carbocycles. The van der Waals surface area contributed by atoms with E-state index in [2.05, 4.69) is 0 Å². The van der Waals surface area contributed by atoms with Crippen molar-refractivity contribution < 1.29 is 19.4 Å². The average molecular weight is 269 g/mol. The molecule has 0 radical (unpaired) electrons. The van der Waals surface area contributed by atoms with Crippen molar-refractivity contribution in [3.63, 3.8) is 0 Å². The van der Waals surface area contributed by atoms with Crippen LogP contribution in [0, 0.1) is 11.8 Å². The Kier molecular flexibility index (Phi) is 4.80. The van der Waals surface area contributed by atoms with Gasteiger partial charge in [0.2, 0.25) is 5.91 Å². The third-order valence-corrected chi connectivity index (χ3v) is 4.49. The minimum atomic E-state index is -0.821. The highest BCUT2D eigenvalue weighted by Gasteiger charge is 2.38. The van der Waals surface area contributed by atoms with Crippen molar-refractivity contribution in [2.24, 2.45) is 11.8 Å². The third-order valence-electron chi connectivity index (χ3n) is 4.49. The fraction of sp³-hybridized carbons (Fsp3) is 0.857. The van der Waals surface area contributed by atoms with Crippen LogP contribution < -0.4 is 0 Å². The summed E-state index contributed by atoms with van der Waals surface area (Å²) in [4.78, 5) is 25.6. The molecule has 108 valence electrons. The SMILES string of the molecule is CN(C(=O)[C@@H]1CCCC[C@@H]1C(=O)O)C1CCOCC1. The van der Waals surface area contributed by atoms with Gasteiger partial charge in [-0.3, -0.25) is 9.59 Å². The molecule has 2 atom stereocenters. The molecule has 0 unspecified atom stereocenters. The number of rotatable bonds is 3. The summed E-state index contributed by atoms with van der Waals surface area (Å²) in [6, 6.07) is 0.206. The minimum Gasteiger partial charge on any atom is -0.481 e. The molecule has 1 saturated carbocycles. The molecule has 19 heavy (non-hydrogen) atoms. The second-order valence-electron chi connectivity index (χ2n) is 5.63. The quantitative estimate of drug-likeness (QED) is 0.843. The van der Waals surface area contributed by atoms with E-state index in [1.54, 1.807) is 4.90 Å². The van der Waals surface area contributed by atoms with Gasteiger partial charge in [0, 0.05) is 26.3 Å². The van der Waals surface area contributed by atoms with Crippen LogP contribution in [0.5, 0.6) is 0 Å². The Labute approximate surface area is 113 Å². The molecule has 0 aromatic heterocycles. The number of carbonyl (C=O) groups excluding carboxylic acids is 1. The van der Waals surface area contributed by atoms with Gasteiger partial charge >= 0.3 is 5.97 Å². The lowest BCUT2D eigenvalue weighted by Gasteiger charge is -2.36. The Morgan fingerprint density at radius 1 is 1.05 bits per heavy atom. The molecule has 1 amide bonds. The number of carboxylic acids is 1. The normalized spacial score (nSPS) is 28.9. The summed E-state index contributed by atoms with van der Waals surface area (Å²) in [6.45, 7) is 1.38. The van der Waals surface area contributed by atoms with Gasteiger partial charge in [0.15, 0.2) is 0 Å². The van der Waals surface area contributed by atoms with Crippen LogP contribution in [0.2, 0.25) is 0 Å². The van der Waals surface area contributed by atoms with Crippen LogP contribution in [0.1, 0.15) is 38.5 Å². The largest absolute Gasteiger partial charge is 0.481 e. The Balaban J connectivity index is 2.01. The summed E-state index contributed by atoms with van der Waals surface area (Å²) in [6.07, 6.45) is 4.93. The Hall–Kier alpha value is -1.10. The van der Waals surface area contributed by atoms with Crippen molar-refractivity contribution in [3.8, 4) is 0 Å². The zero-order chi connectivity index (χ0) is 13.8. The molecule has 0 spiro atoms. The molecule has 5 nitrogen and oxygen atoms in total. The van der Waals surface area contributed by atoms with Crippen molar-refractivity contribution in [2.75, 3.05) is 20.3 Å². The molecule has 1 aliphatic heterocycles. The second kappa shape index (κ2) is 6.37. The van der Waals surface area contributed by atoms with Crippen LogP contribution in [-0.4, -0.2) is 48.2 Å². The summed E-state index contributed by atoms with van der Waals surface area (Å²) in [5.74, 6) is -1.64. The monoisotopic (exact) mass is 269 g/mol. The number of carbonyl (C=O) groups is 2. The van der Waals surface area contributed by atoms with E-state index in [0.717, 1.165) is 25.7 Å². The number of hydrogen-bond donors (Lipinski definition) is 1. The molecule has 5 heteroatoms. The average Bonchev–Trinajstić information content (AvgIpc) is 2.46. The number of nitrogens with zero attached hydrogens (tertiary/aromatic N) is 1. The van der Waals surface area contributed by atoms with Crippen LogP contribution in [0.25, 0.3) is 0 Å². The van der Waals surface area contributed by atoms with Gasteiger partial charge in [0.05, 0.1) is 11.8 Å². The van der Waals surface area contributed by atoms with Crippen LogP contribution in [0.15, 0.2) is 0 Å². The van der Waals surface area contributed by atoms with Gasteiger partial charge in [-0.25, -0.2) is 0 Å². The number of ether oxygens (including phenoxy) is 1. The second-order valence-corrected chi connectivity index (χ2v) is 5.63. The van der Waals surface area contributed by atoms with Gasteiger partial charge in [-0.2, -0.15) is 0 Å². The van der Waals surface area contributed by atoms with Gasteiger partial charge in [-0.1, -0.05) is 12.8 Å². The molecule has 1 N–H and O–H groups in total. The molecule has 0 bridgehead atoms. The van der Waals surface area contributed by atoms with Crippen LogP contribution >= 0.6 is 0 Å². The molecular formula is C14H23NO4. The minimum absolute atomic E-state index is 0.0130. The molecule has 2 rings (SSSR count). The predicted octanol–water partition coefficient (Wildman–Crippen LogP) is 1.51. The van der Waals surface area contributed by atoms with Gasteiger partial charge in [0.1, 0.15) is 0 Å². The lowest BCUT2D eigenvalue weighted by Crippen LogP contribution is -2.46. The van der Waals surface area contributed by atoms with Crippen molar-refractivity contribution in [3.05, 3.63) is 0 Å². The van der Waals surface area contributed by atoms with E-state index in [-0.39, 0.29) is 17.9 Å². The van der Waals surface area contributed by atoms with E-state index in [0.29, 0.717) is 26.1 Å². The van der Waals surface area contributed by atoms with Crippen molar-refractivity contribution >= 4 is 11.9 Å². The zero-order valence-electron chi connectivity index (χ0n) is 11.5. The van der Waals surface area contributed by atoms with E-state index >= 15 is 0 Å². The maximum Gasteiger partial charge on any atom is 0.307 e. The fourth-order valence-electron chi connectivity index (χ4n) is 3.24. The van der Waals surface area contributed by atoms with Crippen molar-refractivity contribution in [1.29, 1.82) is 0 Å². The van der Waals surface area contributed by atoms with Gasteiger partial charge in [-0.15, -0.1) is 0 Å². The predicted molar refractivity (Wildman–Crippen MR) is 69.7 cm³/mol. The first kappa shape index (κ1) is 14.3. The van der Waals surface area contributed by atoms with E-state index in [1.807, 2.05) is 7.05 Å². The first-order valence-corrected chi connectivity index (χ1v) is 7.18. The zero-order valence-corrected chi connectivity index (χ0v) is 11.5. The summed E-state index contributed by atoms with van der Waals surface area (Å²) in [5.41, 5.74) is 0. The molecule has 2 aliphatic rings. The molecule has 1 saturated heterocycles. The first-order valence-electron chi connectivity index (χ1n) is 7.18. The van der Waals surface area contributed by atoms with Crippen molar-refractivity contribution in [1.82, 2.24) is 4.90 Å². The summed E-state index contributed by atoms with van der Waals surface area (Å²) < 4.78 is 5.30. The summed E-state index contributed by atoms with van der Waals surface area (Å²) in [7, 11) is 1.81. The molecular weight excluding hydrogens is 246 g/mol. The number of aliphatic carboxylic acids is 1. The summed E-state index contributed by atoms with van der Waals surface area (Å²) >= 11 is 0. The number of carboxylic acid groups (broad SMARTS) is 1. The van der Waals surface area contributed by atoms with E-state index in [9.17, 15) is 14.7 Å². The van der Waals surface area contributed by atoms with E-state index in [1.165, 1.54) is 0 Å². The van der Waals surface area contributed by atoms with Crippen LogP contribution in [0.3, 0.4) is 0 Å². The van der Waals surface area contributed by atoms with Crippen molar-refractivity contribution in [2.45, 2.75) is 44.6 Å². The van der Waals surface area contributed by atoms with E-state index < -0.39 is 11.9 Å². The highest BCUT2D eigenvalue weighted by atomic mass is 16.5. The smallest absolute Gasteiger partial charge is 0.307 e. The Morgan fingerprint density at radius 2 is 1.63 bits per heavy atom. The standard InChI is InChI=1S/C14H23NO4/c1-15(10-6-8-19-9-7-10)13(16)11-4-2-3-5-12(11)14(17)18/h10-12H,2-9H2,1H3,(H,17,18)/t11-,12+/m1/s1. The third kappa shape index (κ3) is 3.26. The topological polar surface area (TPSA) is 66.8 Å². The maximum absolute atomic E-state index is 12.5. The molecule has 1 heterocycles. The fourth-order valence-corrected chi connectivity index (χ4v) is 3.24. The maximum atomic E-state index is 12.5. The lowest BCUT2D eigenvalue weighted by molar-refractivity contribution is -0.153. The molecule has 0 aromatic rings. The lowest BCUT2D eigenvalue weighted by atomic mass is 9.78. The molecule has 0 aromatic carbocycles. The van der Waals surface area contributed by atoms with E-state index in [4.69, 9.17) is 4.74 Å². The van der Waals surface area contributed by atoms with Crippen LogP contribution in [0.4, 0.5) is 0 Å². The highest BCUT2D eigenvalue weighted by Crippen LogP contribution is 2.32. The Bertz CT molecular complexity index is 338. The Morgan fingerprint density at radius 3 is 2.21 bits per heavy atom. The van der Waals surface area contributed by atoms with Crippen LogP contribution in [-0.2, 0) is 14.3 Å². The van der Waals surface area contributed by atoms with Gasteiger partial charge < -0.3 is 14.7 Å². The highest BCUT2D eigenvalue weighted by molar-refractivity contribution is 5.85.